The molecule has 0 bridgehead atoms. The average Bonchev–Trinajstić information content (AvgIpc) is 3.26. The third kappa shape index (κ3) is 8.09. The Hall–Kier alpha value is -1.42. The molecule has 2 aromatic carbocycles. The minimum absolute atomic E-state index is 0.150. The molecule has 1 fully saturated rings. The van der Waals surface area contributed by atoms with Crippen molar-refractivity contribution < 1.29 is 28.1 Å². The number of aliphatic hydroxyl groups is 2. The monoisotopic (exact) mass is 494 g/mol. The van der Waals surface area contributed by atoms with E-state index in [4.69, 9.17) is 9.47 Å². The smallest absolute Gasteiger partial charge is 0.168 e. The first kappa shape index (κ1) is 26.2. The highest BCUT2D eigenvalue weighted by molar-refractivity contribution is 7.85. The van der Waals surface area contributed by atoms with Gasteiger partial charge in [0.05, 0.1) is 58.5 Å². The van der Waals surface area contributed by atoms with E-state index in [9.17, 15) is 18.6 Å². The van der Waals surface area contributed by atoms with E-state index in [-0.39, 0.29) is 11.5 Å². The predicted molar refractivity (Wildman–Crippen MR) is 130 cm³/mol. The van der Waals surface area contributed by atoms with Crippen LogP contribution in [0.25, 0.3) is 0 Å². The summed E-state index contributed by atoms with van der Waals surface area (Å²) in [7, 11) is -2.56. The second-order valence-corrected chi connectivity index (χ2v) is 11.6. The molecule has 0 unspecified atom stereocenters. The van der Waals surface area contributed by atoms with E-state index in [1.54, 1.807) is 0 Å². The average molecular weight is 495 g/mol. The molecule has 1 saturated heterocycles. The van der Waals surface area contributed by atoms with Crippen molar-refractivity contribution in [2.75, 3.05) is 24.7 Å². The summed E-state index contributed by atoms with van der Waals surface area (Å²) in [5, 5.41) is 20.9. The van der Waals surface area contributed by atoms with Crippen molar-refractivity contribution in [1.82, 2.24) is 0 Å². The fraction of sp³-hybridized carbons (Fsp3) is 0.520. The standard InChI is InChI=1S/C25H34O6S2/c1-19-3-7-23(8-4-19)32(28)17-21(26)11-13-25(30-15-16-31-25)14-12-22(27)18-33(29)24-9-5-20(2)6-10-24/h3-10,21-22,26-27H,11-18H2,1-2H3/t21-,22-,32+,33+/m0/s1. The van der Waals surface area contributed by atoms with E-state index in [0.717, 1.165) is 11.1 Å². The van der Waals surface area contributed by atoms with Gasteiger partial charge in [0, 0.05) is 22.6 Å². The molecule has 6 nitrogen and oxygen atoms in total. The fourth-order valence-corrected chi connectivity index (χ4v) is 6.07. The van der Waals surface area contributed by atoms with Crippen LogP contribution in [0.2, 0.25) is 0 Å². The second kappa shape index (κ2) is 12.3. The van der Waals surface area contributed by atoms with E-state index in [0.29, 0.717) is 48.7 Å². The Bertz CT molecular complexity index is 851. The zero-order valence-corrected chi connectivity index (χ0v) is 20.9. The molecule has 0 aromatic heterocycles. The summed E-state index contributed by atoms with van der Waals surface area (Å²) in [5.41, 5.74) is 2.19. The van der Waals surface area contributed by atoms with Gasteiger partial charge in [0.1, 0.15) is 0 Å². The van der Waals surface area contributed by atoms with Crippen molar-refractivity contribution in [3.8, 4) is 0 Å². The molecular formula is C25H34O6S2. The van der Waals surface area contributed by atoms with Gasteiger partial charge in [-0.25, -0.2) is 0 Å². The number of rotatable bonds is 12. The lowest BCUT2D eigenvalue weighted by atomic mass is 10.0. The maximum Gasteiger partial charge on any atom is 0.168 e. The zero-order chi connectivity index (χ0) is 23.8. The van der Waals surface area contributed by atoms with E-state index >= 15 is 0 Å². The first-order valence-electron chi connectivity index (χ1n) is 11.3. The molecule has 0 aliphatic carbocycles. The highest BCUT2D eigenvalue weighted by atomic mass is 32.2. The lowest BCUT2D eigenvalue weighted by Gasteiger charge is -2.29. The van der Waals surface area contributed by atoms with E-state index in [1.807, 2.05) is 62.4 Å². The Morgan fingerprint density at radius 1 is 0.758 bits per heavy atom. The lowest BCUT2D eigenvalue weighted by molar-refractivity contribution is -0.173. The van der Waals surface area contributed by atoms with Gasteiger partial charge in [-0.15, -0.1) is 0 Å². The molecule has 1 aliphatic heterocycles. The first-order valence-corrected chi connectivity index (χ1v) is 13.9. The van der Waals surface area contributed by atoms with Gasteiger partial charge in [-0.05, 0) is 51.0 Å². The van der Waals surface area contributed by atoms with Crippen LogP contribution in [0.5, 0.6) is 0 Å². The Kier molecular flexibility index (Phi) is 9.79. The minimum atomic E-state index is -1.28. The van der Waals surface area contributed by atoms with Crippen molar-refractivity contribution in [2.45, 2.75) is 67.3 Å². The van der Waals surface area contributed by atoms with Crippen molar-refractivity contribution in [3.05, 3.63) is 59.7 Å². The van der Waals surface area contributed by atoms with E-state index in [2.05, 4.69) is 0 Å². The SMILES string of the molecule is Cc1ccc([S@](=O)C[C@@H](O)CCC2(CC[C@H](O)C[S@@](=O)c3ccc(C)cc3)OCCO2)cc1. The normalized spacial score (nSPS) is 19.2. The molecule has 33 heavy (non-hydrogen) atoms. The molecule has 8 heteroatoms. The molecule has 0 spiro atoms. The topological polar surface area (TPSA) is 93.1 Å². The van der Waals surface area contributed by atoms with Crippen molar-refractivity contribution in [2.24, 2.45) is 0 Å². The highest BCUT2D eigenvalue weighted by Crippen LogP contribution is 2.31. The molecule has 0 saturated carbocycles. The van der Waals surface area contributed by atoms with E-state index < -0.39 is 39.6 Å². The molecule has 182 valence electrons. The molecular weight excluding hydrogens is 460 g/mol. The lowest BCUT2D eigenvalue weighted by Crippen LogP contribution is -2.34. The van der Waals surface area contributed by atoms with Crippen LogP contribution in [-0.2, 0) is 31.1 Å². The third-order valence-electron chi connectivity index (χ3n) is 5.79. The molecule has 0 amide bonds. The fourth-order valence-electron chi connectivity index (χ4n) is 3.77. The second-order valence-electron chi connectivity index (χ2n) is 8.64. The van der Waals surface area contributed by atoms with Gasteiger partial charge < -0.3 is 19.7 Å². The van der Waals surface area contributed by atoms with Crippen LogP contribution in [-0.4, -0.2) is 61.3 Å². The summed E-state index contributed by atoms with van der Waals surface area (Å²) in [4.78, 5) is 1.40. The van der Waals surface area contributed by atoms with Crippen LogP contribution in [0.1, 0.15) is 36.8 Å². The quantitative estimate of drug-likeness (QED) is 0.471. The van der Waals surface area contributed by atoms with Gasteiger partial charge >= 0.3 is 0 Å². The molecule has 0 radical (unpaired) electrons. The Balaban J connectivity index is 1.47. The summed E-state index contributed by atoms with van der Waals surface area (Å²) >= 11 is 0. The predicted octanol–water partition coefficient (Wildman–Crippen LogP) is 3.24. The van der Waals surface area contributed by atoms with Crippen molar-refractivity contribution in [3.63, 3.8) is 0 Å². The third-order valence-corrected chi connectivity index (χ3v) is 8.76. The van der Waals surface area contributed by atoms with Gasteiger partial charge in [0.2, 0.25) is 0 Å². The highest BCUT2D eigenvalue weighted by Gasteiger charge is 2.37. The van der Waals surface area contributed by atoms with Crippen LogP contribution < -0.4 is 0 Å². The van der Waals surface area contributed by atoms with Crippen LogP contribution in [0.4, 0.5) is 0 Å². The Morgan fingerprint density at radius 3 is 1.48 bits per heavy atom. The van der Waals surface area contributed by atoms with Crippen LogP contribution in [0, 0.1) is 13.8 Å². The molecule has 2 N–H and O–H groups in total. The zero-order valence-electron chi connectivity index (χ0n) is 19.3. The number of aryl methyl sites for hydroxylation is 2. The molecule has 3 rings (SSSR count). The van der Waals surface area contributed by atoms with Crippen LogP contribution in [0.15, 0.2) is 58.3 Å². The largest absolute Gasteiger partial charge is 0.392 e. The van der Waals surface area contributed by atoms with E-state index in [1.165, 1.54) is 0 Å². The number of hydrogen-bond donors (Lipinski definition) is 2. The number of aliphatic hydroxyl groups excluding tert-OH is 2. The maximum atomic E-state index is 12.5. The van der Waals surface area contributed by atoms with Crippen LogP contribution in [0.3, 0.4) is 0 Å². The van der Waals surface area contributed by atoms with Gasteiger partial charge in [0.15, 0.2) is 5.79 Å². The number of hydrogen-bond acceptors (Lipinski definition) is 6. The Morgan fingerprint density at radius 2 is 1.12 bits per heavy atom. The van der Waals surface area contributed by atoms with Gasteiger partial charge in [-0.2, -0.15) is 0 Å². The summed E-state index contributed by atoms with van der Waals surface area (Å²) in [6.07, 6.45) is 0.123. The summed E-state index contributed by atoms with van der Waals surface area (Å²) in [6, 6.07) is 14.9. The maximum absolute atomic E-state index is 12.5. The molecule has 1 heterocycles. The van der Waals surface area contributed by atoms with Gasteiger partial charge in [-0.3, -0.25) is 8.42 Å². The number of ether oxygens (including phenoxy) is 2. The van der Waals surface area contributed by atoms with Crippen LogP contribution >= 0.6 is 0 Å². The number of benzene rings is 2. The van der Waals surface area contributed by atoms with Crippen molar-refractivity contribution >= 4 is 21.6 Å². The summed E-state index contributed by atoms with van der Waals surface area (Å²) < 4.78 is 36.7. The molecule has 1 aliphatic rings. The molecule has 4 atom stereocenters. The Labute approximate surface area is 201 Å². The minimum Gasteiger partial charge on any atom is -0.392 e. The molecule has 2 aromatic rings. The first-order chi connectivity index (χ1) is 15.8. The summed E-state index contributed by atoms with van der Waals surface area (Å²) in [5.74, 6) is -0.576. The summed E-state index contributed by atoms with van der Waals surface area (Å²) in [6.45, 7) is 4.85. The van der Waals surface area contributed by atoms with Crippen molar-refractivity contribution in [1.29, 1.82) is 0 Å². The van der Waals surface area contributed by atoms with Gasteiger partial charge in [0.25, 0.3) is 0 Å². The van der Waals surface area contributed by atoms with Gasteiger partial charge in [-0.1, -0.05) is 35.4 Å².